The second kappa shape index (κ2) is 10.1. The van der Waals surface area contributed by atoms with Crippen LogP contribution in [0.25, 0.3) is 0 Å². The van der Waals surface area contributed by atoms with Crippen molar-refractivity contribution in [2.45, 2.75) is 64.4 Å². The SMILES string of the molecule is CCOc1ccccc1OCC(=O)N1C[C@@H](NC(=O)OC(C)(C)C)CC[C@@H]1C(F)(F)F. The van der Waals surface area contributed by atoms with Crippen molar-refractivity contribution >= 4 is 12.0 Å². The van der Waals surface area contributed by atoms with Gasteiger partial charge >= 0.3 is 12.3 Å². The number of alkyl carbamates (subject to hydrolysis) is 1. The van der Waals surface area contributed by atoms with Gasteiger partial charge in [0, 0.05) is 12.6 Å². The summed E-state index contributed by atoms with van der Waals surface area (Å²) in [5.74, 6) is -0.167. The lowest BCUT2D eigenvalue weighted by Crippen LogP contribution is -2.59. The van der Waals surface area contributed by atoms with Gasteiger partial charge in [0.1, 0.15) is 11.6 Å². The van der Waals surface area contributed by atoms with Gasteiger partial charge < -0.3 is 24.4 Å². The van der Waals surface area contributed by atoms with Crippen LogP contribution in [0.2, 0.25) is 0 Å². The van der Waals surface area contributed by atoms with E-state index in [9.17, 15) is 22.8 Å². The van der Waals surface area contributed by atoms with E-state index in [1.807, 2.05) is 0 Å². The molecule has 0 radical (unpaired) electrons. The van der Waals surface area contributed by atoms with Gasteiger partial charge in [0.05, 0.1) is 6.61 Å². The van der Waals surface area contributed by atoms with Crippen LogP contribution in [-0.2, 0) is 9.53 Å². The second-order valence-corrected chi connectivity index (χ2v) is 8.19. The van der Waals surface area contributed by atoms with Crippen LogP contribution >= 0.6 is 0 Å². The third-order valence-corrected chi connectivity index (χ3v) is 4.50. The number of carbonyl (C=O) groups is 2. The highest BCUT2D eigenvalue weighted by Crippen LogP contribution is 2.33. The molecule has 10 heteroatoms. The van der Waals surface area contributed by atoms with E-state index in [0.29, 0.717) is 12.4 Å². The number of para-hydroxylation sites is 2. The largest absolute Gasteiger partial charge is 0.490 e. The van der Waals surface area contributed by atoms with Crippen molar-refractivity contribution in [1.82, 2.24) is 10.2 Å². The van der Waals surface area contributed by atoms with Gasteiger partial charge in [0.15, 0.2) is 18.1 Å². The van der Waals surface area contributed by atoms with Gasteiger partial charge in [-0.3, -0.25) is 4.79 Å². The topological polar surface area (TPSA) is 77.1 Å². The van der Waals surface area contributed by atoms with Crippen LogP contribution in [0.3, 0.4) is 0 Å². The van der Waals surface area contributed by atoms with Gasteiger partial charge in [0.2, 0.25) is 0 Å². The molecule has 1 N–H and O–H groups in total. The number of amides is 2. The van der Waals surface area contributed by atoms with Crippen molar-refractivity contribution < 1.29 is 37.0 Å². The number of nitrogens with one attached hydrogen (secondary N) is 1. The Morgan fingerprint density at radius 3 is 2.26 bits per heavy atom. The zero-order valence-electron chi connectivity index (χ0n) is 18.1. The Balaban J connectivity index is 2.07. The minimum Gasteiger partial charge on any atom is -0.490 e. The monoisotopic (exact) mass is 446 g/mol. The van der Waals surface area contributed by atoms with Crippen molar-refractivity contribution in [3.63, 3.8) is 0 Å². The summed E-state index contributed by atoms with van der Waals surface area (Å²) >= 11 is 0. The molecule has 0 aliphatic carbocycles. The van der Waals surface area contributed by atoms with E-state index in [2.05, 4.69) is 5.32 Å². The molecule has 174 valence electrons. The summed E-state index contributed by atoms with van der Waals surface area (Å²) in [7, 11) is 0. The molecule has 0 saturated carbocycles. The van der Waals surface area contributed by atoms with Gasteiger partial charge in [-0.1, -0.05) is 12.1 Å². The number of nitrogens with zero attached hydrogens (tertiary/aromatic N) is 1. The van der Waals surface area contributed by atoms with E-state index in [4.69, 9.17) is 14.2 Å². The number of hydrogen-bond donors (Lipinski definition) is 1. The first kappa shape index (κ1) is 24.6. The molecule has 31 heavy (non-hydrogen) atoms. The number of benzene rings is 1. The molecule has 0 unspecified atom stereocenters. The fraction of sp³-hybridized carbons (Fsp3) is 0.619. The van der Waals surface area contributed by atoms with Gasteiger partial charge in [-0.05, 0) is 52.7 Å². The maximum absolute atomic E-state index is 13.5. The summed E-state index contributed by atoms with van der Waals surface area (Å²) in [5, 5.41) is 2.55. The molecular weight excluding hydrogens is 417 g/mol. The zero-order chi connectivity index (χ0) is 23.2. The number of halogens is 3. The Morgan fingerprint density at radius 2 is 1.71 bits per heavy atom. The predicted molar refractivity (Wildman–Crippen MR) is 107 cm³/mol. The smallest absolute Gasteiger partial charge is 0.408 e. The average Bonchev–Trinajstić information content (AvgIpc) is 2.64. The summed E-state index contributed by atoms with van der Waals surface area (Å²) in [6.45, 7) is 6.31. The highest BCUT2D eigenvalue weighted by molar-refractivity contribution is 5.78. The maximum atomic E-state index is 13.5. The first-order valence-corrected chi connectivity index (χ1v) is 10.1. The molecule has 1 fully saturated rings. The van der Waals surface area contributed by atoms with Crippen LogP contribution in [0.4, 0.5) is 18.0 Å². The minimum absolute atomic E-state index is 0.0707. The van der Waals surface area contributed by atoms with Crippen molar-refractivity contribution in [3.8, 4) is 11.5 Å². The summed E-state index contributed by atoms with van der Waals surface area (Å²) in [4.78, 5) is 25.4. The van der Waals surface area contributed by atoms with E-state index in [0.717, 1.165) is 4.90 Å². The number of hydrogen-bond acceptors (Lipinski definition) is 5. The van der Waals surface area contributed by atoms with Crippen molar-refractivity contribution in [2.24, 2.45) is 0 Å². The van der Waals surface area contributed by atoms with Gasteiger partial charge in [-0.15, -0.1) is 0 Å². The fourth-order valence-corrected chi connectivity index (χ4v) is 3.25. The number of carbonyl (C=O) groups excluding carboxylic acids is 2. The first-order valence-electron chi connectivity index (χ1n) is 10.1. The van der Waals surface area contributed by atoms with Gasteiger partial charge in [-0.25, -0.2) is 4.79 Å². The van der Waals surface area contributed by atoms with Crippen LogP contribution in [0.1, 0.15) is 40.5 Å². The third-order valence-electron chi connectivity index (χ3n) is 4.50. The van der Waals surface area contributed by atoms with Crippen LogP contribution in [0, 0.1) is 0 Å². The Morgan fingerprint density at radius 1 is 1.10 bits per heavy atom. The second-order valence-electron chi connectivity index (χ2n) is 8.19. The molecule has 0 aromatic heterocycles. The first-order chi connectivity index (χ1) is 14.4. The molecule has 7 nitrogen and oxygen atoms in total. The van der Waals surface area contributed by atoms with E-state index in [1.165, 1.54) is 0 Å². The molecule has 2 atom stereocenters. The van der Waals surface area contributed by atoms with Crippen molar-refractivity contribution in [2.75, 3.05) is 19.8 Å². The van der Waals surface area contributed by atoms with Crippen molar-refractivity contribution in [1.29, 1.82) is 0 Å². The molecule has 0 bridgehead atoms. The molecule has 1 aliphatic heterocycles. The molecule has 1 aromatic carbocycles. The lowest BCUT2D eigenvalue weighted by Gasteiger charge is -2.40. The highest BCUT2D eigenvalue weighted by atomic mass is 19.4. The molecule has 1 saturated heterocycles. The van der Waals surface area contributed by atoms with E-state index in [-0.39, 0.29) is 25.1 Å². The third kappa shape index (κ3) is 7.52. The fourth-order valence-electron chi connectivity index (χ4n) is 3.25. The van der Waals surface area contributed by atoms with Crippen LogP contribution in [-0.4, -0.2) is 60.5 Å². The molecule has 0 spiro atoms. The average molecular weight is 446 g/mol. The maximum Gasteiger partial charge on any atom is 0.408 e. The molecule has 1 aromatic rings. The summed E-state index contributed by atoms with van der Waals surface area (Å²) < 4.78 is 56.6. The summed E-state index contributed by atoms with van der Waals surface area (Å²) in [5.41, 5.74) is -0.745. The number of ether oxygens (including phenoxy) is 3. The number of likely N-dealkylation sites (tertiary alicyclic amines) is 1. The standard InChI is InChI=1S/C21H29F3N2O5/c1-5-29-15-8-6-7-9-16(15)30-13-18(27)26-12-14(10-11-17(26)21(22,23)24)25-19(28)31-20(2,3)4/h6-9,14,17H,5,10-13H2,1-4H3,(H,25,28)/t14-,17+/m0/s1. The van der Waals surface area contributed by atoms with Gasteiger partial charge in [0.25, 0.3) is 5.91 Å². The van der Waals surface area contributed by atoms with Gasteiger partial charge in [-0.2, -0.15) is 13.2 Å². The molecule has 2 amide bonds. The van der Waals surface area contributed by atoms with Crippen LogP contribution in [0.5, 0.6) is 11.5 Å². The van der Waals surface area contributed by atoms with E-state index >= 15 is 0 Å². The normalized spacial score (nSPS) is 19.5. The van der Waals surface area contributed by atoms with E-state index in [1.54, 1.807) is 52.0 Å². The summed E-state index contributed by atoms with van der Waals surface area (Å²) in [6.07, 6.45) is -5.58. The number of alkyl halides is 3. The van der Waals surface area contributed by atoms with Crippen LogP contribution < -0.4 is 14.8 Å². The number of piperidine rings is 1. The highest BCUT2D eigenvalue weighted by Gasteiger charge is 2.48. The molecule has 2 rings (SSSR count). The lowest BCUT2D eigenvalue weighted by atomic mass is 9.97. The molecule has 1 aliphatic rings. The number of rotatable bonds is 6. The van der Waals surface area contributed by atoms with Crippen LogP contribution in [0.15, 0.2) is 24.3 Å². The molecular formula is C21H29F3N2O5. The Labute approximate surface area is 179 Å². The van der Waals surface area contributed by atoms with Crippen molar-refractivity contribution in [3.05, 3.63) is 24.3 Å². The lowest BCUT2D eigenvalue weighted by molar-refractivity contribution is -0.198. The zero-order valence-corrected chi connectivity index (χ0v) is 18.1. The predicted octanol–water partition coefficient (Wildman–Crippen LogP) is 3.91. The quantitative estimate of drug-likeness (QED) is 0.717. The molecule has 1 heterocycles. The van der Waals surface area contributed by atoms with E-state index < -0.39 is 42.5 Å². The summed E-state index contributed by atoms with van der Waals surface area (Å²) in [6, 6.07) is 4.00. The Bertz CT molecular complexity index is 764. The Kier molecular flexibility index (Phi) is 8.02. The Hall–Kier alpha value is -2.65. The minimum atomic E-state index is -4.59.